The summed E-state index contributed by atoms with van der Waals surface area (Å²) in [5.74, 6) is 1.22. The highest BCUT2D eigenvalue weighted by molar-refractivity contribution is 8.13. The SMILES string of the molecule is CSC(=N[N+](=O)[O-])N(C)CCC(C)N(C)CC1COCC1C. The number of ether oxygens (including phenoxy) is 1. The van der Waals surface area contributed by atoms with Crippen molar-refractivity contribution in [3.63, 3.8) is 0 Å². The van der Waals surface area contributed by atoms with Gasteiger partial charge < -0.3 is 14.5 Å². The van der Waals surface area contributed by atoms with Crippen molar-refractivity contribution in [1.29, 1.82) is 0 Å². The quantitative estimate of drug-likeness (QED) is 0.306. The van der Waals surface area contributed by atoms with Crippen LogP contribution in [0.15, 0.2) is 5.10 Å². The smallest absolute Gasteiger partial charge is 0.237 e. The highest BCUT2D eigenvalue weighted by Gasteiger charge is 2.26. The lowest BCUT2D eigenvalue weighted by Gasteiger charge is -2.29. The molecule has 22 heavy (non-hydrogen) atoms. The molecular weight excluding hydrogens is 304 g/mol. The lowest BCUT2D eigenvalue weighted by Crippen LogP contribution is -2.38. The number of hydrogen-bond donors (Lipinski definition) is 0. The molecule has 0 amide bonds. The van der Waals surface area contributed by atoms with E-state index in [1.54, 1.807) is 6.26 Å². The molecule has 1 heterocycles. The van der Waals surface area contributed by atoms with Gasteiger partial charge in [0.15, 0.2) is 5.03 Å². The highest BCUT2D eigenvalue weighted by atomic mass is 32.2. The number of rotatable bonds is 7. The van der Waals surface area contributed by atoms with Crippen molar-refractivity contribution < 1.29 is 9.77 Å². The van der Waals surface area contributed by atoms with E-state index in [4.69, 9.17) is 4.74 Å². The topological polar surface area (TPSA) is 71.2 Å². The van der Waals surface area contributed by atoms with Crippen molar-refractivity contribution in [3.8, 4) is 0 Å². The van der Waals surface area contributed by atoms with Crippen LogP contribution in [0.1, 0.15) is 20.3 Å². The van der Waals surface area contributed by atoms with Crippen LogP contribution in [0.25, 0.3) is 0 Å². The number of hydrogen-bond acceptors (Lipinski definition) is 5. The second-order valence-corrected chi connectivity index (χ2v) is 6.87. The van der Waals surface area contributed by atoms with Crippen molar-refractivity contribution in [2.24, 2.45) is 16.9 Å². The van der Waals surface area contributed by atoms with Crippen LogP contribution in [0, 0.1) is 22.0 Å². The molecule has 1 fully saturated rings. The summed E-state index contributed by atoms with van der Waals surface area (Å²) in [7, 11) is 3.98. The van der Waals surface area contributed by atoms with Gasteiger partial charge in [-0.3, -0.25) is 0 Å². The number of amidine groups is 1. The molecule has 0 aliphatic carbocycles. The van der Waals surface area contributed by atoms with E-state index < -0.39 is 5.03 Å². The Morgan fingerprint density at radius 3 is 2.68 bits per heavy atom. The first-order valence-electron chi connectivity index (χ1n) is 7.61. The van der Waals surface area contributed by atoms with Crippen LogP contribution in [0.3, 0.4) is 0 Å². The fraction of sp³-hybridized carbons (Fsp3) is 0.929. The second kappa shape index (κ2) is 9.32. The Morgan fingerprint density at radius 1 is 1.50 bits per heavy atom. The van der Waals surface area contributed by atoms with Gasteiger partial charge in [0.2, 0.25) is 5.17 Å². The van der Waals surface area contributed by atoms with Crippen LogP contribution >= 0.6 is 11.8 Å². The number of nitro groups is 1. The van der Waals surface area contributed by atoms with Crippen molar-refractivity contribution in [3.05, 3.63) is 10.1 Å². The predicted molar refractivity (Wildman–Crippen MR) is 90.8 cm³/mol. The minimum atomic E-state index is -0.640. The minimum absolute atomic E-state index is 0.411. The van der Waals surface area contributed by atoms with Crippen molar-refractivity contribution >= 4 is 16.9 Å². The van der Waals surface area contributed by atoms with Gasteiger partial charge in [0.25, 0.3) is 0 Å². The molecule has 1 saturated heterocycles. The molecule has 1 aliphatic rings. The average molecular weight is 332 g/mol. The van der Waals surface area contributed by atoms with Gasteiger partial charge in [-0.15, -0.1) is 0 Å². The molecule has 128 valence electrons. The summed E-state index contributed by atoms with van der Waals surface area (Å²) < 4.78 is 5.51. The first-order chi connectivity index (χ1) is 10.3. The Bertz CT molecular complexity index is 394. The summed E-state index contributed by atoms with van der Waals surface area (Å²) in [4.78, 5) is 14.7. The summed E-state index contributed by atoms with van der Waals surface area (Å²) in [6.07, 6.45) is 2.74. The molecule has 3 unspecified atom stereocenters. The maximum Gasteiger partial charge on any atom is 0.237 e. The molecule has 0 aromatic rings. The van der Waals surface area contributed by atoms with E-state index in [-0.39, 0.29) is 0 Å². The van der Waals surface area contributed by atoms with E-state index >= 15 is 0 Å². The lowest BCUT2D eigenvalue weighted by atomic mass is 9.97. The summed E-state index contributed by atoms with van der Waals surface area (Å²) in [6, 6.07) is 0.411. The molecule has 1 aliphatic heterocycles. The number of thioether (sulfide) groups is 1. The standard InChI is InChI=1S/C14H28N4O3S/c1-11-9-21-10-13(11)8-17(4)12(2)6-7-16(3)14(22-5)15-18(19)20/h11-13H,6-10H2,1-5H3. The van der Waals surface area contributed by atoms with E-state index in [1.165, 1.54) is 11.8 Å². The van der Waals surface area contributed by atoms with E-state index in [9.17, 15) is 10.1 Å². The second-order valence-electron chi connectivity index (χ2n) is 6.10. The van der Waals surface area contributed by atoms with Gasteiger partial charge in [0.05, 0.1) is 11.7 Å². The van der Waals surface area contributed by atoms with Crippen LogP contribution in [0.5, 0.6) is 0 Å². The molecule has 1 rings (SSSR count). The van der Waals surface area contributed by atoms with Gasteiger partial charge in [-0.05, 0) is 38.5 Å². The van der Waals surface area contributed by atoms with Crippen LogP contribution in [0.4, 0.5) is 0 Å². The van der Waals surface area contributed by atoms with Gasteiger partial charge in [0, 0.05) is 32.8 Å². The molecular formula is C14H28N4O3S. The fourth-order valence-corrected chi connectivity index (χ4v) is 3.08. The maximum absolute atomic E-state index is 10.5. The average Bonchev–Trinajstić information content (AvgIpc) is 2.86. The first kappa shape index (κ1) is 19.2. The van der Waals surface area contributed by atoms with Crippen molar-refractivity contribution in [1.82, 2.24) is 9.80 Å². The maximum atomic E-state index is 10.5. The zero-order valence-electron chi connectivity index (χ0n) is 14.2. The molecule has 0 aromatic carbocycles. The van der Waals surface area contributed by atoms with Gasteiger partial charge in [0.1, 0.15) is 0 Å². The monoisotopic (exact) mass is 332 g/mol. The Hall–Kier alpha value is -0.860. The third-order valence-electron chi connectivity index (χ3n) is 4.35. The summed E-state index contributed by atoms with van der Waals surface area (Å²) in [6.45, 7) is 7.93. The molecule has 0 N–H and O–H groups in total. The highest BCUT2D eigenvalue weighted by Crippen LogP contribution is 2.21. The van der Waals surface area contributed by atoms with Crippen molar-refractivity contribution in [2.45, 2.75) is 26.3 Å². The molecule has 3 atom stereocenters. The number of nitrogens with zero attached hydrogens (tertiary/aromatic N) is 4. The number of hydrazone groups is 1. The normalized spacial score (nSPS) is 23.8. The van der Waals surface area contributed by atoms with Gasteiger partial charge >= 0.3 is 0 Å². The molecule has 0 radical (unpaired) electrons. The van der Waals surface area contributed by atoms with E-state index in [0.29, 0.717) is 23.0 Å². The lowest BCUT2D eigenvalue weighted by molar-refractivity contribution is -0.485. The summed E-state index contributed by atoms with van der Waals surface area (Å²) in [5, 5.41) is 13.7. The largest absolute Gasteiger partial charge is 0.381 e. The minimum Gasteiger partial charge on any atom is -0.381 e. The van der Waals surface area contributed by atoms with Crippen LogP contribution in [0.2, 0.25) is 0 Å². The molecule has 7 nitrogen and oxygen atoms in total. The molecule has 0 saturated carbocycles. The third-order valence-corrected chi connectivity index (χ3v) is 5.11. The third kappa shape index (κ3) is 6.10. The van der Waals surface area contributed by atoms with Gasteiger partial charge in [-0.2, -0.15) is 0 Å². The molecule has 0 bridgehead atoms. The summed E-state index contributed by atoms with van der Waals surface area (Å²) in [5.41, 5.74) is 0. The predicted octanol–water partition coefficient (Wildman–Crippen LogP) is 1.82. The Balaban J connectivity index is 2.40. The zero-order valence-corrected chi connectivity index (χ0v) is 15.0. The van der Waals surface area contributed by atoms with E-state index in [1.807, 2.05) is 11.9 Å². The van der Waals surface area contributed by atoms with Crippen molar-refractivity contribution in [2.75, 3.05) is 46.7 Å². The van der Waals surface area contributed by atoms with Crippen LogP contribution < -0.4 is 0 Å². The molecule has 0 spiro atoms. The van der Waals surface area contributed by atoms with Crippen LogP contribution in [-0.4, -0.2) is 72.7 Å². The molecule has 8 heteroatoms. The summed E-state index contributed by atoms with van der Waals surface area (Å²) >= 11 is 1.30. The molecule has 0 aromatic heterocycles. The Kier molecular flexibility index (Phi) is 8.13. The fourth-order valence-electron chi connectivity index (χ4n) is 2.53. The first-order valence-corrected chi connectivity index (χ1v) is 8.83. The Morgan fingerprint density at radius 2 is 2.18 bits per heavy atom. The van der Waals surface area contributed by atoms with E-state index in [2.05, 4.69) is 30.9 Å². The van der Waals surface area contributed by atoms with Gasteiger partial charge in [-0.1, -0.05) is 18.7 Å². The Labute approximate surface area is 137 Å². The zero-order chi connectivity index (χ0) is 16.7. The van der Waals surface area contributed by atoms with Gasteiger partial charge in [-0.25, -0.2) is 10.1 Å². The van der Waals surface area contributed by atoms with Crippen LogP contribution in [-0.2, 0) is 4.74 Å². The van der Waals surface area contributed by atoms with E-state index in [0.717, 1.165) is 32.7 Å².